The molecular formula is C20H29FN6O. The minimum absolute atomic E-state index is 0.160. The molecule has 2 aromatic rings. The second-order valence-corrected chi connectivity index (χ2v) is 7.36. The van der Waals surface area contributed by atoms with Gasteiger partial charge in [0.2, 0.25) is 5.91 Å². The van der Waals surface area contributed by atoms with Gasteiger partial charge in [-0.3, -0.25) is 9.69 Å². The molecule has 0 bridgehead atoms. The van der Waals surface area contributed by atoms with Crippen molar-refractivity contribution >= 4 is 5.91 Å². The summed E-state index contributed by atoms with van der Waals surface area (Å²) in [5, 5.41) is 11.9. The van der Waals surface area contributed by atoms with Crippen LogP contribution in [0.25, 0.3) is 5.69 Å². The van der Waals surface area contributed by atoms with Crippen LogP contribution in [0.15, 0.2) is 24.3 Å². The second-order valence-electron chi connectivity index (χ2n) is 7.36. The molecule has 0 atom stereocenters. The number of carbonyl (C=O) groups excluding carboxylic acids is 1. The van der Waals surface area contributed by atoms with Crippen molar-refractivity contribution in [3.63, 3.8) is 0 Å². The summed E-state index contributed by atoms with van der Waals surface area (Å²) in [7, 11) is 0. The smallest absolute Gasteiger partial charge is 0.225 e. The van der Waals surface area contributed by atoms with E-state index in [2.05, 4.69) is 34.3 Å². The Morgan fingerprint density at radius 1 is 1.07 bits per heavy atom. The van der Waals surface area contributed by atoms with E-state index in [1.165, 1.54) is 12.1 Å². The van der Waals surface area contributed by atoms with Gasteiger partial charge in [-0.25, -0.2) is 4.39 Å². The Kier molecular flexibility index (Phi) is 7.08. The predicted octanol–water partition coefficient (Wildman–Crippen LogP) is 2.66. The Hall–Kier alpha value is -2.35. The fourth-order valence-electron chi connectivity index (χ4n) is 3.76. The normalized spacial score (nSPS) is 15.4. The fraction of sp³-hybridized carbons (Fsp3) is 0.600. The van der Waals surface area contributed by atoms with Gasteiger partial charge >= 0.3 is 0 Å². The molecule has 0 unspecified atom stereocenters. The molecule has 28 heavy (non-hydrogen) atoms. The Balaban J connectivity index is 1.57. The number of amides is 1. The van der Waals surface area contributed by atoms with Crippen LogP contribution in [0.1, 0.15) is 45.4 Å². The van der Waals surface area contributed by atoms with E-state index < -0.39 is 0 Å². The van der Waals surface area contributed by atoms with Crippen LogP contribution >= 0.6 is 0 Å². The van der Waals surface area contributed by atoms with E-state index in [0.717, 1.165) is 57.5 Å². The highest BCUT2D eigenvalue weighted by Gasteiger charge is 2.27. The summed E-state index contributed by atoms with van der Waals surface area (Å²) < 4.78 is 14.8. The lowest BCUT2D eigenvalue weighted by atomic mass is 9.96. The first-order valence-corrected chi connectivity index (χ1v) is 10.2. The first-order valence-electron chi connectivity index (χ1n) is 10.2. The summed E-state index contributed by atoms with van der Waals surface area (Å²) in [6, 6.07) is 6.11. The lowest BCUT2D eigenvalue weighted by Crippen LogP contribution is -2.50. The standard InChI is InChI=1S/C20H29FN6O/c1-3-5-16(6-4-2)20(28)26-13-11-25(12-14-26)15-19-22-23-24-27(19)18-9-7-17(21)8-10-18/h7-10,16H,3-6,11-15H2,1-2H3. The lowest BCUT2D eigenvalue weighted by Gasteiger charge is -2.36. The third-order valence-corrected chi connectivity index (χ3v) is 5.28. The number of nitrogens with zero attached hydrogens (tertiary/aromatic N) is 6. The van der Waals surface area contributed by atoms with E-state index in [9.17, 15) is 9.18 Å². The number of halogens is 1. The van der Waals surface area contributed by atoms with Gasteiger partial charge in [0.25, 0.3) is 0 Å². The van der Waals surface area contributed by atoms with Gasteiger partial charge in [-0.05, 0) is 47.5 Å². The Bertz CT molecular complexity index is 748. The van der Waals surface area contributed by atoms with Crippen molar-refractivity contribution in [2.45, 2.75) is 46.1 Å². The number of carbonyl (C=O) groups is 1. The maximum absolute atomic E-state index is 13.2. The molecule has 0 saturated carbocycles. The van der Waals surface area contributed by atoms with Crippen molar-refractivity contribution in [1.82, 2.24) is 30.0 Å². The molecule has 8 heteroatoms. The molecule has 7 nitrogen and oxygen atoms in total. The molecule has 0 aliphatic carbocycles. The van der Waals surface area contributed by atoms with Gasteiger partial charge in [-0.2, -0.15) is 4.68 Å². The molecule has 1 aromatic heterocycles. The number of tetrazole rings is 1. The zero-order valence-corrected chi connectivity index (χ0v) is 16.7. The maximum Gasteiger partial charge on any atom is 0.225 e. The van der Waals surface area contributed by atoms with Crippen LogP contribution < -0.4 is 0 Å². The first-order chi connectivity index (χ1) is 13.6. The molecule has 1 aliphatic heterocycles. The highest BCUT2D eigenvalue weighted by molar-refractivity contribution is 5.78. The fourth-order valence-corrected chi connectivity index (χ4v) is 3.76. The van der Waals surface area contributed by atoms with Gasteiger partial charge in [0.05, 0.1) is 12.2 Å². The second kappa shape index (κ2) is 9.73. The monoisotopic (exact) mass is 388 g/mol. The van der Waals surface area contributed by atoms with Crippen molar-refractivity contribution in [1.29, 1.82) is 0 Å². The van der Waals surface area contributed by atoms with E-state index in [1.54, 1.807) is 16.8 Å². The van der Waals surface area contributed by atoms with Gasteiger partial charge in [0.15, 0.2) is 5.82 Å². The number of hydrogen-bond acceptors (Lipinski definition) is 5. The average Bonchev–Trinajstić information content (AvgIpc) is 3.16. The Morgan fingerprint density at radius 2 is 1.71 bits per heavy atom. The van der Waals surface area contributed by atoms with Crippen LogP contribution in [0.2, 0.25) is 0 Å². The molecular weight excluding hydrogens is 359 g/mol. The topological polar surface area (TPSA) is 67.2 Å². The van der Waals surface area contributed by atoms with E-state index >= 15 is 0 Å². The maximum atomic E-state index is 13.2. The third kappa shape index (κ3) is 4.92. The molecule has 2 heterocycles. The van der Waals surface area contributed by atoms with Crippen LogP contribution in [0, 0.1) is 11.7 Å². The third-order valence-electron chi connectivity index (χ3n) is 5.28. The van der Waals surface area contributed by atoms with Crippen LogP contribution in [0.4, 0.5) is 4.39 Å². The van der Waals surface area contributed by atoms with E-state index in [1.807, 2.05) is 4.90 Å². The van der Waals surface area contributed by atoms with Crippen molar-refractivity contribution < 1.29 is 9.18 Å². The highest BCUT2D eigenvalue weighted by atomic mass is 19.1. The number of piperazine rings is 1. The Labute approximate surface area is 165 Å². The van der Waals surface area contributed by atoms with E-state index in [-0.39, 0.29) is 11.7 Å². The molecule has 152 valence electrons. The zero-order valence-electron chi connectivity index (χ0n) is 16.7. The van der Waals surface area contributed by atoms with Crippen molar-refractivity contribution in [3.05, 3.63) is 35.9 Å². The largest absolute Gasteiger partial charge is 0.340 e. The van der Waals surface area contributed by atoms with Crippen LogP contribution in [0.3, 0.4) is 0 Å². The van der Waals surface area contributed by atoms with Crippen molar-refractivity contribution in [3.8, 4) is 5.69 Å². The molecule has 3 rings (SSSR count). The van der Waals surface area contributed by atoms with Crippen molar-refractivity contribution in [2.24, 2.45) is 5.92 Å². The summed E-state index contributed by atoms with van der Waals surface area (Å²) >= 11 is 0. The molecule has 0 spiro atoms. The first kappa shape index (κ1) is 20.4. The van der Waals surface area contributed by atoms with Crippen molar-refractivity contribution in [2.75, 3.05) is 26.2 Å². The molecule has 1 saturated heterocycles. The summed E-state index contributed by atoms with van der Waals surface area (Å²) in [6.07, 6.45) is 4.03. The van der Waals surface area contributed by atoms with E-state index in [0.29, 0.717) is 18.3 Å². The molecule has 0 radical (unpaired) electrons. The summed E-state index contributed by atoms with van der Waals surface area (Å²) in [5.74, 6) is 0.886. The van der Waals surface area contributed by atoms with E-state index in [4.69, 9.17) is 0 Å². The van der Waals surface area contributed by atoms with Gasteiger partial charge in [-0.15, -0.1) is 5.10 Å². The summed E-state index contributed by atoms with van der Waals surface area (Å²) in [4.78, 5) is 17.1. The molecule has 1 amide bonds. The average molecular weight is 388 g/mol. The zero-order chi connectivity index (χ0) is 19.9. The van der Waals surface area contributed by atoms with Gasteiger partial charge in [-0.1, -0.05) is 26.7 Å². The number of aromatic nitrogens is 4. The van der Waals surface area contributed by atoms with Crippen LogP contribution in [-0.2, 0) is 11.3 Å². The summed E-state index contributed by atoms with van der Waals surface area (Å²) in [5.41, 5.74) is 0.734. The Morgan fingerprint density at radius 3 is 2.32 bits per heavy atom. The minimum atomic E-state index is -0.288. The number of benzene rings is 1. The van der Waals surface area contributed by atoms with Gasteiger partial charge in [0.1, 0.15) is 5.82 Å². The summed E-state index contributed by atoms with van der Waals surface area (Å²) in [6.45, 7) is 7.94. The van der Waals surface area contributed by atoms with Crippen LogP contribution in [0.5, 0.6) is 0 Å². The number of hydrogen-bond donors (Lipinski definition) is 0. The lowest BCUT2D eigenvalue weighted by molar-refractivity contribution is -0.137. The molecule has 1 aliphatic rings. The van der Waals surface area contributed by atoms with Gasteiger partial charge in [0, 0.05) is 32.1 Å². The molecule has 1 aromatic carbocycles. The molecule has 1 fully saturated rings. The quantitative estimate of drug-likeness (QED) is 0.696. The predicted molar refractivity (Wildman–Crippen MR) is 104 cm³/mol. The minimum Gasteiger partial charge on any atom is -0.340 e. The SMILES string of the molecule is CCCC(CCC)C(=O)N1CCN(Cc2nnnn2-c2ccc(F)cc2)CC1. The van der Waals surface area contributed by atoms with Gasteiger partial charge < -0.3 is 4.90 Å². The molecule has 0 N–H and O–H groups in total. The highest BCUT2D eigenvalue weighted by Crippen LogP contribution is 2.19. The van der Waals surface area contributed by atoms with Crippen LogP contribution in [-0.4, -0.2) is 62.1 Å². The number of rotatable bonds is 8.